The molecular weight excluding hydrogens is 234 g/mol. The van der Waals surface area contributed by atoms with Crippen molar-refractivity contribution in [2.45, 2.75) is 13.8 Å². The van der Waals surface area contributed by atoms with Crippen molar-refractivity contribution in [3.63, 3.8) is 0 Å². The summed E-state index contributed by atoms with van der Waals surface area (Å²) in [6, 6.07) is 7.18. The summed E-state index contributed by atoms with van der Waals surface area (Å²) in [5, 5.41) is 0.609. The molecule has 0 spiro atoms. The van der Waals surface area contributed by atoms with E-state index >= 15 is 0 Å². The number of benzene rings is 1. The third-order valence-electron chi connectivity index (χ3n) is 2.80. The molecule has 0 amide bonds. The fourth-order valence-electron chi connectivity index (χ4n) is 1.70. The van der Waals surface area contributed by atoms with E-state index in [0.29, 0.717) is 16.1 Å². The molecule has 1 aromatic heterocycles. The van der Waals surface area contributed by atoms with Gasteiger partial charge in [-0.3, -0.25) is 9.78 Å². The standard InChI is InChI=1S/C14H12ClNO/c1-9-6-7-16-8-12(9)14(17)11-4-3-5-13(15)10(11)2/h3-8H,1-2H3. The maximum atomic E-state index is 12.3. The maximum Gasteiger partial charge on any atom is 0.195 e. The summed E-state index contributed by atoms with van der Waals surface area (Å²) in [7, 11) is 0. The van der Waals surface area contributed by atoms with Gasteiger partial charge in [0.25, 0.3) is 0 Å². The number of hydrogen-bond acceptors (Lipinski definition) is 2. The number of hydrogen-bond donors (Lipinski definition) is 0. The van der Waals surface area contributed by atoms with Crippen molar-refractivity contribution in [3.05, 3.63) is 63.9 Å². The fraction of sp³-hybridized carbons (Fsp3) is 0.143. The molecule has 2 nitrogen and oxygen atoms in total. The summed E-state index contributed by atoms with van der Waals surface area (Å²) in [6.45, 7) is 3.75. The van der Waals surface area contributed by atoms with E-state index in [2.05, 4.69) is 4.98 Å². The van der Waals surface area contributed by atoms with Gasteiger partial charge in [0.15, 0.2) is 5.78 Å². The molecule has 1 heterocycles. The van der Waals surface area contributed by atoms with E-state index in [1.165, 1.54) is 0 Å². The van der Waals surface area contributed by atoms with Gasteiger partial charge >= 0.3 is 0 Å². The average molecular weight is 246 g/mol. The van der Waals surface area contributed by atoms with E-state index < -0.39 is 0 Å². The van der Waals surface area contributed by atoms with Crippen LogP contribution in [0.15, 0.2) is 36.7 Å². The highest BCUT2D eigenvalue weighted by molar-refractivity contribution is 6.32. The van der Waals surface area contributed by atoms with Crippen molar-refractivity contribution < 1.29 is 4.79 Å². The van der Waals surface area contributed by atoms with E-state index in [-0.39, 0.29) is 5.78 Å². The lowest BCUT2D eigenvalue weighted by atomic mass is 9.98. The molecule has 17 heavy (non-hydrogen) atoms. The molecule has 0 aliphatic carbocycles. The van der Waals surface area contributed by atoms with Crippen molar-refractivity contribution >= 4 is 17.4 Å². The quantitative estimate of drug-likeness (QED) is 0.757. The maximum absolute atomic E-state index is 12.3. The molecule has 0 fully saturated rings. The van der Waals surface area contributed by atoms with Crippen LogP contribution < -0.4 is 0 Å². The van der Waals surface area contributed by atoms with Gasteiger partial charge in [-0.05, 0) is 37.1 Å². The molecule has 1 aromatic carbocycles. The van der Waals surface area contributed by atoms with Gasteiger partial charge in [0.2, 0.25) is 0 Å². The second-order valence-corrected chi connectivity index (χ2v) is 4.34. The molecule has 2 rings (SSSR count). The number of ketones is 1. The van der Waals surface area contributed by atoms with Gasteiger partial charge < -0.3 is 0 Å². The minimum absolute atomic E-state index is 0.0319. The molecule has 0 bridgehead atoms. The molecule has 0 aliphatic heterocycles. The van der Waals surface area contributed by atoms with Crippen LogP contribution in [-0.2, 0) is 0 Å². The summed E-state index contributed by atoms with van der Waals surface area (Å²) in [6.07, 6.45) is 3.27. The molecule has 0 aliphatic rings. The smallest absolute Gasteiger partial charge is 0.195 e. The summed E-state index contributed by atoms with van der Waals surface area (Å²) < 4.78 is 0. The van der Waals surface area contributed by atoms with Crippen LogP contribution in [0.25, 0.3) is 0 Å². The van der Waals surface area contributed by atoms with Gasteiger partial charge in [-0.1, -0.05) is 23.7 Å². The van der Waals surface area contributed by atoms with E-state index in [4.69, 9.17) is 11.6 Å². The van der Waals surface area contributed by atoms with Crippen LogP contribution in [0.1, 0.15) is 27.0 Å². The number of carbonyl (C=O) groups excluding carboxylic acids is 1. The largest absolute Gasteiger partial charge is 0.289 e. The zero-order valence-corrected chi connectivity index (χ0v) is 10.5. The average Bonchev–Trinajstić information content (AvgIpc) is 2.32. The molecule has 0 atom stereocenters. The van der Waals surface area contributed by atoms with Gasteiger partial charge in [0.05, 0.1) is 0 Å². The minimum Gasteiger partial charge on any atom is -0.289 e. The molecule has 2 aromatic rings. The second-order valence-electron chi connectivity index (χ2n) is 3.93. The highest BCUT2D eigenvalue weighted by Gasteiger charge is 2.15. The number of pyridine rings is 1. The van der Waals surface area contributed by atoms with Crippen LogP contribution in [0.4, 0.5) is 0 Å². The predicted molar refractivity (Wildman–Crippen MR) is 68.6 cm³/mol. The molecule has 0 radical (unpaired) electrons. The second kappa shape index (κ2) is 4.68. The SMILES string of the molecule is Cc1ccncc1C(=O)c1cccc(Cl)c1C. The van der Waals surface area contributed by atoms with Gasteiger partial charge in [0.1, 0.15) is 0 Å². The number of aromatic nitrogens is 1. The Morgan fingerprint density at radius 1 is 1.18 bits per heavy atom. The first-order chi connectivity index (χ1) is 8.11. The third kappa shape index (κ3) is 2.22. The van der Waals surface area contributed by atoms with Crippen LogP contribution in [0, 0.1) is 13.8 Å². The Morgan fingerprint density at radius 3 is 2.65 bits per heavy atom. The van der Waals surface area contributed by atoms with Crippen molar-refractivity contribution in [1.29, 1.82) is 0 Å². The Kier molecular flexibility index (Phi) is 3.25. The zero-order valence-electron chi connectivity index (χ0n) is 9.70. The number of halogens is 1. The lowest BCUT2D eigenvalue weighted by Crippen LogP contribution is -2.06. The molecule has 0 N–H and O–H groups in total. The van der Waals surface area contributed by atoms with Crippen LogP contribution >= 0.6 is 11.6 Å². The van der Waals surface area contributed by atoms with E-state index in [9.17, 15) is 4.79 Å². The van der Waals surface area contributed by atoms with Crippen molar-refractivity contribution in [2.24, 2.45) is 0 Å². The molecule has 0 saturated heterocycles. The normalized spacial score (nSPS) is 10.3. The highest BCUT2D eigenvalue weighted by atomic mass is 35.5. The number of carbonyl (C=O) groups is 1. The molecular formula is C14H12ClNO. The predicted octanol–water partition coefficient (Wildman–Crippen LogP) is 3.58. The summed E-state index contributed by atoms with van der Waals surface area (Å²) >= 11 is 6.02. The number of rotatable bonds is 2. The fourth-order valence-corrected chi connectivity index (χ4v) is 1.87. The number of nitrogens with zero attached hydrogens (tertiary/aromatic N) is 1. The van der Waals surface area contributed by atoms with Crippen molar-refractivity contribution in [3.8, 4) is 0 Å². The van der Waals surface area contributed by atoms with Crippen LogP contribution in [0.2, 0.25) is 5.02 Å². The Hall–Kier alpha value is -1.67. The van der Waals surface area contributed by atoms with Crippen molar-refractivity contribution in [1.82, 2.24) is 4.98 Å². The van der Waals surface area contributed by atoms with Gasteiger partial charge in [-0.2, -0.15) is 0 Å². The first kappa shape index (κ1) is 11.8. The molecule has 0 unspecified atom stereocenters. The Labute approximate surface area is 105 Å². The Morgan fingerprint density at radius 2 is 1.94 bits per heavy atom. The highest BCUT2D eigenvalue weighted by Crippen LogP contribution is 2.22. The van der Waals surface area contributed by atoms with Gasteiger partial charge in [-0.25, -0.2) is 0 Å². The van der Waals surface area contributed by atoms with Crippen LogP contribution in [0.3, 0.4) is 0 Å². The minimum atomic E-state index is -0.0319. The first-order valence-corrected chi connectivity index (χ1v) is 5.69. The molecule has 0 saturated carbocycles. The Bertz CT molecular complexity index is 578. The van der Waals surface area contributed by atoms with E-state index in [1.807, 2.05) is 19.9 Å². The van der Waals surface area contributed by atoms with E-state index in [1.54, 1.807) is 30.6 Å². The van der Waals surface area contributed by atoms with Gasteiger partial charge in [0, 0.05) is 28.5 Å². The Balaban J connectivity index is 2.52. The monoisotopic (exact) mass is 245 g/mol. The van der Waals surface area contributed by atoms with Crippen LogP contribution in [0.5, 0.6) is 0 Å². The first-order valence-electron chi connectivity index (χ1n) is 5.31. The molecule has 86 valence electrons. The lowest BCUT2D eigenvalue weighted by Gasteiger charge is -2.08. The van der Waals surface area contributed by atoms with Crippen molar-refractivity contribution in [2.75, 3.05) is 0 Å². The van der Waals surface area contributed by atoms with E-state index in [0.717, 1.165) is 11.1 Å². The molecule has 3 heteroatoms. The zero-order chi connectivity index (χ0) is 12.4. The topological polar surface area (TPSA) is 30.0 Å². The third-order valence-corrected chi connectivity index (χ3v) is 3.21. The summed E-state index contributed by atoms with van der Waals surface area (Å²) in [5.74, 6) is -0.0319. The van der Waals surface area contributed by atoms with Crippen LogP contribution in [-0.4, -0.2) is 10.8 Å². The summed E-state index contributed by atoms with van der Waals surface area (Å²) in [5.41, 5.74) is 2.98. The lowest BCUT2D eigenvalue weighted by molar-refractivity contribution is 0.103. The number of aryl methyl sites for hydroxylation is 1. The van der Waals surface area contributed by atoms with Gasteiger partial charge in [-0.15, -0.1) is 0 Å². The summed E-state index contributed by atoms with van der Waals surface area (Å²) in [4.78, 5) is 16.3.